The Balaban J connectivity index is 0.948. The van der Waals surface area contributed by atoms with Crippen LogP contribution in [0.25, 0.3) is 0 Å². The second-order valence-electron chi connectivity index (χ2n) is 12.5. The van der Waals surface area contributed by atoms with Gasteiger partial charge in [0.15, 0.2) is 0 Å². The van der Waals surface area contributed by atoms with Gasteiger partial charge in [-0.25, -0.2) is 0 Å². The Morgan fingerprint density at radius 3 is 2.46 bits per heavy atom. The summed E-state index contributed by atoms with van der Waals surface area (Å²) in [6.45, 7) is 3.04. The van der Waals surface area contributed by atoms with Crippen LogP contribution in [-0.4, -0.2) is 82.0 Å². The number of likely N-dealkylation sites (tertiary alicyclic amines) is 1. The second-order valence-corrected chi connectivity index (χ2v) is 12.5. The molecule has 7 rings (SSSR count). The highest BCUT2D eigenvalue weighted by molar-refractivity contribution is 6.23. The lowest BCUT2D eigenvalue weighted by atomic mass is 9.80. The molecule has 216 valence electrons. The zero-order valence-electron chi connectivity index (χ0n) is 23.4. The van der Waals surface area contributed by atoms with Gasteiger partial charge < -0.3 is 15.5 Å². The average molecular weight is 560 g/mol. The molecule has 2 aliphatic carbocycles. The van der Waals surface area contributed by atoms with E-state index in [2.05, 4.69) is 38.8 Å². The van der Waals surface area contributed by atoms with Gasteiger partial charge in [0, 0.05) is 36.8 Å². The molecular formula is C30H37N7O4. The van der Waals surface area contributed by atoms with Gasteiger partial charge in [-0.3, -0.25) is 34.1 Å². The van der Waals surface area contributed by atoms with E-state index in [4.69, 9.17) is 5.10 Å². The van der Waals surface area contributed by atoms with Crippen LogP contribution in [0.15, 0.2) is 24.4 Å². The first kappa shape index (κ1) is 26.2. The molecule has 1 unspecified atom stereocenters. The quantitative estimate of drug-likeness (QED) is 0.421. The van der Waals surface area contributed by atoms with Crippen LogP contribution in [0.3, 0.4) is 0 Å². The van der Waals surface area contributed by atoms with E-state index < -0.39 is 23.8 Å². The lowest BCUT2D eigenvalue weighted by Gasteiger charge is -2.35. The number of imide groups is 2. The molecule has 1 atom stereocenters. The van der Waals surface area contributed by atoms with Gasteiger partial charge in [-0.15, -0.1) is 0 Å². The van der Waals surface area contributed by atoms with Gasteiger partial charge in [-0.05, 0) is 89.2 Å². The van der Waals surface area contributed by atoms with Gasteiger partial charge in [-0.1, -0.05) is 0 Å². The minimum Gasteiger partial charge on any atom is -0.385 e. The molecule has 4 heterocycles. The summed E-state index contributed by atoms with van der Waals surface area (Å²) in [4.78, 5) is 53.3. The summed E-state index contributed by atoms with van der Waals surface area (Å²) in [5.41, 5.74) is 3.84. The lowest BCUT2D eigenvalue weighted by molar-refractivity contribution is -0.136. The third kappa shape index (κ3) is 5.00. The van der Waals surface area contributed by atoms with Crippen molar-refractivity contribution in [3.05, 3.63) is 41.2 Å². The first-order chi connectivity index (χ1) is 19.8. The highest BCUT2D eigenvalue weighted by atomic mass is 16.2. The molecule has 2 saturated heterocycles. The largest absolute Gasteiger partial charge is 0.385 e. The van der Waals surface area contributed by atoms with Crippen LogP contribution in [-0.2, 0) is 9.59 Å². The predicted molar refractivity (Wildman–Crippen MR) is 152 cm³/mol. The first-order valence-corrected chi connectivity index (χ1v) is 15.0. The number of nitrogens with one attached hydrogen (secondary N) is 3. The predicted octanol–water partition coefficient (Wildman–Crippen LogP) is 2.73. The van der Waals surface area contributed by atoms with Crippen molar-refractivity contribution in [2.45, 2.75) is 75.4 Å². The average Bonchev–Trinajstić information content (AvgIpc) is 3.65. The summed E-state index contributed by atoms with van der Waals surface area (Å²) >= 11 is 0. The molecular weight excluding hydrogens is 522 g/mol. The Labute approximate surface area is 239 Å². The molecule has 11 heteroatoms. The molecule has 0 radical (unpaired) electrons. The van der Waals surface area contributed by atoms with Gasteiger partial charge in [0.2, 0.25) is 11.8 Å². The van der Waals surface area contributed by atoms with Crippen molar-refractivity contribution < 1.29 is 19.2 Å². The lowest BCUT2D eigenvalue weighted by Crippen LogP contribution is -2.54. The van der Waals surface area contributed by atoms with Gasteiger partial charge in [0.05, 0.1) is 28.6 Å². The van der Waals surface area contributed by atoms with E-state index in [1.54, 1.807) is 12.1 Å². The molecule has 1 aromatic carbocycles. The molecule has 3 N–H and O–H groups in total. The number of anilines is 2. The van der Waals surface area contributed by atoms with Crippen molar-refractivity contribution in [3.8, 4) is 0 Å². The molecule has 4 amide bonds. The smallest absolute Gasteiger partial charge is 0.262 e. The Morgan fingerprint density at radius 2 is 1.73 bits per heavy atom. The molecule has 0 bridgehead atoms. The fourth-order valence-corrected chi connectivity index (χ4v) is 6.66. The van der Waals surface area contributed by atoms with Crippen molar-refractivity contribution in [1.82, 2.24) is 24.9 Å². The van der Waals surface area contributed by atoms with E-state index in [0.717, 1.165) is 43.1 Å². The number of carbonyl (C=O) groups is 4. The van der Waals surface area contributed by atoms with Gasteiger partial charge >= 0.3 is 0 Å². The number of amides is 4. The fourth-order valence-electron chi connectivity index (χ4n) is 6.66. The number of rotatable bonds is 8. The topological polar surface area (TPSA) is 129 Å². The summed E-state index contributed by atoms with van der Waals surface area (Å²) in [6, 6.07) is 5.12. The van der Waals surface area contributed by atoms with E-state index in [0.29, 0.717) is 35.0 Å². The molecule has 2 saturated carbocycles. The third-order valence-electron chi connectivity index (χ3n) is 9.42. The van der Waals surface area contributed by atoms with Crippen LogP contribution < -0.4 is 16.0 Å². The zero-order chi connectivity index (χ0) is 28.2. The summed E-state index contributed by atoms with van der Waals surface area (Å²) in [6.07, 6.45) is 9.37. The van der Waals surface area contributed by atoms with E-state index in [1.165, 1.54) is 37.1 Å². The fraction of sp³-hybridized carbons (Fsp3) is 0.567. The van der Waals surface area contributed by atoms with E-state index in [9.17, 15) is 19.2 Å². The van der Waals surface area contributed by atoms with E-state index in [-0.39, 0.29) is 18.7 Å². The number of benzene rings is 1. The van der Waals surface area contributed by atoms with Crippen molar-refractivity contribution in [2.24, 2.45) is 5.92 Å². The Kier molecular flexibility index (Phi) is 6.56. The number of aromatic nitrogens is 2. The minimum atomic E-state index is -0.953. The number of hydrogen-bond acceptors (Lipinski definition) is 8. The van der Waals surface area contributed by atoms with Crippen LogP contribution in [0.5, 0.6) is 0 Å². The molecule has 2 aromatic rings. The molecule has 41 heavy (non-hydrogen) atoms. The van der Waals surface area contributed by atoms with E-state index >= 15 is 0 Å². The molecule has 11 nitrogen and oxygen atoms in total. The molecule has 3 aliphatic heterocycles. The van der Waals surface area contributed by atoms with Crippen LogP contribution in [0, 0.1) is 5.92 Å². The maximum atomic E-state index is 13.1. The summed E-state index contributed by atoms with van der Waals surface area (Å²) < 4.78 is 2.19. The number of fused-ring (bicyclic) bond motifs is 1. The number of carbonyl (C=O) groups excluding carboxylic acids is 4. The maximum absolute atomic E-state index is 13.1. The van der Waals surface area contributed by atoms with Crippen molar-refractivity contribution in [1.29, 1.82) is 0 Å². The van der Waals surface area contributed by atoms with Gasteiger partial charge in [0.25, 0.3) is 11.8 Å². The molecule has 1 aromatic heterocycles. The van der Waals surface area contributed by atoms with Crippen LogP contribution >= 0.6 is 0 Å². The third-order valence-corrected chi connectivity index (χ3v) is 9.42. The van der Waals surface area contributed by atoms with Gasteiger partial charge in [-0.2, -0.15) is 5.10 Å². The first-order valence-electron chi connectivity index (χ1n) is 15.0. The summed E-state index contributed by atoms with van der Waals surface area (Å²) in [5.74, 6) is -0.857. The summed E-state index contributed by atoms with van der Waals surface area (Å²) in [7, 11) is 2.19. The number of nitrogens with zero attached hydrogens (tertiary/aromatic N) is 4. The SMILES string of the molecule is CN1CCC(Nc2cn([C@H]3C[C@H](CNc4ccc5c(c4)C(=O)N(C4CCC(=O)NC4=O)C5=O)C3)nc2C2CC2)CC1. The zero-order valence-corrected chi connectivity index (χ0v) is 23.4. The monoisotopic (exact) mass is 559 g/mol. The van der Waals surface area contributed by atoms with Gasteiger partial charge in [0.1, 0.15) is 6.04 Å². The number of hydrogen-bond donors (Lipinski definition) is 3. The highest BCUT2D eigenvalue weighted by Crippen LogP contribution is 2.45. The number of piperidine rings is 2. The summed E-state index contributed by atoms with van der Waals surface area (Å²) in [5, 5.41) is 14.5. The molecule has 5 aliphatic rings. The molecule has 4 fully saturated rings. The second kappa shape index (κ2) is 10.3. The van der Waals surface area contributed by atoms with Crippen LogP contribution in [0.4, 0.5) is 11.4 Å². The Hall–Kier alpha value is -3.73. The maximum Gasteiger partial charge on any atom is 0.262 e. The standard InChI is InChI=1S/C30H37N7O4/c1-35-10-8-19(9-11-35)32-24-16-36(34-27(24)18-2-3-18)21-12-17(13-21)15-31-20-4-5-22-23(14-20)30(41)37(29(22)40)25-6-7-26(38)33-28(25)39/h4-5,14,16-19,21,25,31-32H,2-3,6-13,15H2,1H3,(H,33,38,39)/t17-,21-,25?. The highest BCUT2D eigenvalue weighted by Gasteiger charge is 2.44. The normalized spacial score (nSPS) is 27.0. The van der Waals surface area contributed by atoms with Crippen LogP contribution in [0.1, 0.15) is 89.7 Å². The molecule has 0 spiro atoms. The van der Waals surface area contributed by atoms with Crippen molar-refractivity contribution in [2.75, 3.05) is 37.3 Å². The van der Waals surface area contributed by atoms with Crippen molar-refractivity contribution in [3.63, 3.8) is 0 Å². The van der Waals surface area contributed by atoms with E-state index in [1.807, 2.05) is 6.07 Å². The minimum absolute atomic E-state index is 0.107. The van der Waals surface area contributed by atoms with Crippen LogP contribution in [0.2, 0.25) is 0 Å². The van der Waals surface area contributed by atoms with Crippen molar-refractivity contribution >= 4 is 35.0 Å². The Bertz CT molecular complexity index is 1400. The Morgan fingerprint density at radius 1 is 0.976 bits per heavy atom.